The van der Waals surface area contributed by atoms with Crippen molar-refractivity contribution in [1.82, 2.24) is 5.32 Å². The van der Waals surface area contributed by atoms with Crippen LogP contribution in [0.1, 0.15) is 38.1 Å². The Morgan fingerprint density at radius 3 is 2.58 bits per heavy atom. The van der Waals surface area contributed by atoms with Crippen LogP contribution in [0.4, 0.5) is 15.1 Å². The van der Waals surface area contributed by atoms with E-state index in [-0.39, 0.29) is 23.6 Å². The van der Waals surface area contributed by atoms with E-state index >= 15 is 0 Å². The minimum atomic E-state index is -1.09. The highest BCUT2D eigenvalue weighted by Crippen LogP contribution is 2.36. The zero-order valence-corrected chi connectivity index (χ0v) is 15.5. The van der Waals surface area contributed by atoms with Crippen molar-refractivity contribution in [3.63, 3.8) is 0 Å². The molecule has 26 heavy (non-hydrogen) atoms. The van der Waals surface area contributed by atoms with E-state index in [0.717, 1.165) is 16.9 Å². The van der Waals surface area contributed by atoms with Gasteiger partial charge in [0.25, 0.3) is 5.91 Å². The van der Waals surface area contributed by atoms with Gasteiger partial charge in [-0.15, -0.1) is 11.3 Å². The van der Waals surface area contributed by atoms with Crippen LogP contribution in [-0.4, -0.2) is 41.2 Å². The largest absolute Gasteiger partial charge is 0.394 e. The van der Waals surface area contributed by atoms with Gasteiger partial charge in [0.2, 0.25) is 0 Å². The number of rotatable bonds is 7. The van der Waals surface area contributed by atoms with Crippen molar-refractivity contribution >= 4 is 33.7 Å². The number of amides is 1. The smallest absolute Gasteiger partial charge is 0.254 e. The van der Waals surface area contributed by atoms with Crippen LogP contribution >= 0.6 is 11.3 Å². The SMILES string of the molecule is CC(=O)c1sc(Nc2ccc(C)cc2F)c(C(=O)NC[C@H](O)CO)c1C. The Hall–Kier alpha value is -2.29. The zero-order valence-electron chi connectivity index (χ0n) is 14.7. The number of hydrogen-bond donors (Lipinski definition) is 4. The lowest BCUT2D eigenvalue weighted by atomic mass is 10.1. The van der Waals surface area contributed by atoms with Gasteiger partial charge in [-0.25, -0.2) is 4.39 Å². The second-order valence-corrected chi connectivity index (χ2v) is 6.99. The molecule has 2 rings (SSSR count). The van der Waals surface area contributed by atoms with Crippen molar-refractivity contribution in [2.75, 3.05) is 18.5 Å². The number of ketones is 1. The molecule has 0 fully saturated rings. The normalized spacial score (nSPS) is 11.9. The molecule has 0 unspecified atom stereocenters. The molecule has 0 saturated heterocycles. The van der Waals surface area contributed by atoms with Crippen LogP contribution in [-0.2, 0) is 0 Å². The van der Waals surface area contributed by atoms with Gasteiger partial charge in [-0.2, -0.15) is 0 Å². The van der Waals surface area contributed by atoms with Crippen molar-refractivity contribution in [3.8, 4) is 0 Å². The van der Waals surface area contributed by atoms with Gasteiger partial charge in [-0.1, -0.05) is 6.07 Å². The van der Waals surface area contributed by atoms with E-state index in [9.17, 15) is 19.1 Å². The third kappa shape index (κ3) is 4.46. The summed E-state index contributed by atoms with van der Waals surface area (Å²) in [6.07, 6.45) is -1.09. The number of aliphatic hydroxyl groups excluding tert-OH is 2. The molecule has 0 aliphatic carbocycles. The topological polar surface area (TPSA) is 98.7 Å². The van der Waals surface area contributed by atoms with Crippen molar-refractivity contribution in [2.45, 2.75) is 26.9 Å². The van der Waals surface area contributed by atoms with E-state index in [0.29, 0.717) is 15.4 Å². The lowest BCUT2D eigenvalue weighted by Crippen LogP contribution is -2.34. The summed E-state index contributed by atoms with van der Waals surface area (Å²) in [5.74, 6) is -1.19. The predicted molar refractivity (Wildman–Crippen MR) is 98.9 cm³/mol. The number of hydrogen-bond acceptors (Lipinski definition) is 6. The van der Waals surface area contributed by atoms with Crippen LogP contribution < -0.4 is 10.6 Å². The number of thiophene rings is 1. The first kappa shape index (κ1) is 20.0. The van der Waals surface area contributed by atoms with Crippen LogP contribution in [0.2, 0.25) is 0 Å². The molecule has 0 spiro atoms. The first-order chi connectivity index (χ1) is 12.2. The molecule has 6 nitrogen and oxygen atoms in total. The molecule has 140 valence electrons. The van der Waals surface area contributed by atoms with Crippen LogP contribution in [0.15, 0.2) is 18.2 Å². The number of carbonyl (C=O) groups is 2. The van der Waals surface area contributed by atoms with E-state index < -0.39 is 24.4 Å². The summed E-state index contributed by atoms with van der Waals surface area (Å²) in [5, 5.41) is 24.0. The number of aliphatic hydroxyl groups is 2. The fraction of sp³-hybridized carbons (Fsp3) is 0.333. The summed E-state index contributed by atoms with van der Waals surface area (Å²) < 4.78 is 14.1. The molecule has 1 aromatic heterocycles. The Labute approximate surface area is 154 Å². The third-order valence-electron chi connectivity index (χ3n) is 3.78. The highest BCUT2D eigenvalue weighted by Gasteiger charge is 2.24. The number of nitrogens with one attached hydrogen (secondary N) is 2. The average molecular weight is 380 g/mol. The maximum Gasteiger partial charge on any atom is 0.254 e. The average Bonchev–Trinajstić information content (AvgIpc) is 2.91. The second kappa shape index (κ2) is 8.39. The maximum absolute atomic E-state index is 14.1. The summed E-state index contributed by atoms with van der Waals surface area (Å²) in [6, 6.07) is 4.66. The van der Waals surface area contributed by atoms with Crippen LogP contribution in [0.3, 0.4) is 0 Å². The predicted octanol–water partition coefficient (Wildman–Crippen LogP) is 2.53. The van der Waals surface area contributed by atoms with E-state index in [4.69, 9.17) is 5.11 Å². The summed E-state index contributed by atoms with van der Waals surface area (Å²) in [6.45, 7) is 4.18. The number of aryl methyl sites for hydroxylation is 1. The van der Waals surface area contributed by atoms with Gasteiger partial charge in [0.15, 0.2) is 5.78 Å². The molecule has 8 heteroatoms. The standard InChI is InChI=1S/C18H21FN2O4S/c1-9-4-5-14(13(19)6-9)21-18-15(10(2)16(26-18)11(3)23)17(25)20-7-12(24)8-22/h4-6,12,21-22,24H,7-8H2,1-3H3,(H,20,25)/t12-/m0/s1. The number of benzene rings is 1. The van der Waals surface area contributed by atoms with Crippen LogP contribution in [0.25, 0.3) is 0 Å². The molecule has 1 heterocycles. The molecule has 0 bridgehead atoms. The van der Waals surface area contributed by atoms with E-state index in [2.05, 4.69) is 10.6 Å². The Morgan fingerprint density at radius 2 is 2.00 bits per heavy atom. The minimum Gasteiger partial charge on any atom is -0.394 e. The van der Waals surface area contributed by atoms with Gasteiger partial charge in [-0.05, 0) is 44.0 Å². The molecule has 0 aliphatic heterocycles. The molecule has 0 radical (unpaired) electrons. The number of carbonyl (C=O) groups excluding carboxylic acids is 2. The fourth-order valence-corrected chi connectivity index (χ4v) is 3.53. The minimum absolute atomic E-state index is 0.141. The Kier molecular flexibility index (Phi) is 6.47. The summed E-state index contributed by atoms with van der Waals surface area (Å²) in [4.78, 5) is 24.8. The lowest BCUT2D eigenvalue weighted by molar-refractivity contribution is 0.0802. The van der Waals surface area contributed by atoms with Gasteiger partial charge in [-0.3, -0.25) is 9.59 Å². The molecular formula is C18H21FN2O4S. The van der Waals surface area contributed by atoms with Gasteiger partial charge in [0.1, 0.15) is 10.8 Å². The molecular weight excluding hydrogens is 359 g/mol. The van der Waals surface area contributed by atoms with Gasteiger partial charge < -0.3 is 20.8 Å². The number of Topliss-reactive ketones (excluding diaryl/α,β-unsaturated/α-hetero) is 1. The second-order valence-electron chi connectivity index (χ2n) is 5.97. The summed E-state index contributed by atoms with van der Waals surface area (Å²) >= 11 is 1.07. The van der Waals surface area contributed by atoms with E-state index in [1.807, 2.05) is 0 Å². The van der Waals surface area contributed by atoms with Crippen molar-refractivity contribution in [1.29, 1.82) is 0 Å². The van der Waals surface area contributed by atoms with E-state index in [1.54, 1.807) is 26.0 Å². The van der Waals surface area contributed by atoms with Crippen molar-refractivity contribution in [3.05, 3.63) is 45.6 Å². The number of anilines is 2. The fourth-order valence-electron chi connectivity index (χ4n) is 2.42. The Balaban J connectivity index is 2.39. The highest BCUT2D eigenvalue weighted by atomic mass is 32.1. The highest BCUT2D eigenvalue weighted by molar-refractivity contribution is 7.18. The zero-order chi connectivity index (χ0) is 19.4. The number of halogens is 1. The van der Waals surface area contributed by atoms with Crippen molar-refractivity contribution < 1.29 is 24.2 Å². The van der Waals surface area contributed by atoms with Crippen molar-refractivity contribution in [2.24, 2.45) is 0 Å². The maximum atomic E-state index is 14.1. The third-order valence-corrected chi connectivity index (χ3v) is 5.08. The molecule has 2 aromatic rings. The Bertz CT molecular complexity index is 835. The molecule has 1 aromatic carbocycles. The molecule has 0 aliphatic rings. The van der Waals surface area contributed by atoms with E-state index in [1.165, 1.54) is 13.0 Å². The summed E-state index contributed by atoms with van der Waals surface area (Å²) in [5.41, 5.74) is 1.64. The lowest BCUT2D eigenvalue weighted by Gasteiger charge is -2.12. The molecule has 4 N–H and O–H groups in total. The first-order valence-corrected chi connectivity index (χ1v) is 8.80. The quantitative estimate of drug-likeness (QED) is 0.554. The summed E-state index contributed by atoms with van der Waals surface area (Å²) in [7, 11) is 0. The molecule has 1 atom stereocenters. The van der Waals surface area contributed by atoms with Gasteiger partial charge in [0, 0.05) is 6.54 Å². The van der Waals surface area contributed by atoms with Crippen LogP contribution in [0.5, 0.6) is 0 Å². The monoisotopic (exact) mass is 380 g/mol. The van der Waals surface area contributed by atoms with Crippen LogP contribution in [0, 0.1) is 19.7 Å². The first-order valence-electron chi connectivity index (χ1n) is 7.99. The van der Waals surface area contributed by atoms with Gasteiger partial charge >= 0.3 is 0 Å². The molecule has 0 saturated carbocycles. The Morgan fingerprint density at radius 1 is 1.31 bits per heavy atom. The molecule has 1 amide bonds. The van der Waals surface area contributed by atoms with Gasteiger partial charge in [0.05, 0.1) is 28.8 Å².